The third-order valence-electron chi connectivity index (χ3n) is 4.54. The molecule has 0 aliphatic heterocycles. The number of alkyl halides is 2. The Bertz CT molecular complexity index is 1010. The third-order valence-corrected chi connectivity index (χ3v) is 5.20. The molecular weight excluding hydrogens is 422 g/mol. The molecule has 0 spiro atoms. The first-order chi connectivity index (χ1) is 13.0. The maximum absolute atomic E-state index is 13.4. The van der Waals surface area contributed by atoms with E-state index in [1.807, 2.05) is 6.92 Å². The van der Waals surface area contributed by atoms with Gasteiger partial charge in [-0.05, 0) is 41.8 Å². The zero-order chi connectivity index (χ0) is 19.1. The average Bonchev–Trinajstić information content (AvgIpc) is 3.31. The zero-order valence-electron chi connectivity index (χ0n) is 14.5. The second-order valence-corrected chi connectivity index (χ2v) is 7.27. The van der Waals surface area contributed by atoms with Crippen molar-refractivity contribution in [3.8, 4) is 0 Å². The van der Waals surface area contributed by atoms with E-state index >= 15 is 0 Å². The van der Waals surface area contributed by atoms with Crippen LogP contribution in [0.1, 0.15) is 59.7 Å². The number of carbonyl (C=O) groups excluding carboxylic acids is 1. The van der Waals surface area contributed by atoms with E-state index in [0.717, 1.165) is 27.5 Å². The number of halogens is 3. The lowest BCUT2D eigenvalue weighted by molar-refractivity contribution is 0.0943. The summed E-state index contributed by atoms with van der Waals surface area (Å²) < 4.78 is 30.5. The highest BCUT2D eigenvalue weighted by Gasteiger charge is 2.28. The number of amides is 1. The molecule has 142 valence electrons. The van der Waals surface area contributed by atoms with Gasteiger partial charge < -0.3 is 5.32 Å². The Morgan fingerprint density at radius 2 is 2.19 bits per heavy atom. The van der Waals surface area contributed by atoms with Gasteiger partial charge in [0.05, 0.1) is 22.9 Å². The van der Waals surface area contributed by atoms with Crippen LogP contribution in [0, 0.1) is 0 Å². The van der Waals surface area contributed by atoms with Crippen molar-refractivity contribution in [3.63, 3.8) is 0 Å². The molecule has 0 atom stereocenters. The van der Waals surface area contributed by atoms with Gasteiger partial charge in [-0.2, -0.15) is 10.2 Å². The van der Waals surface area contributed by atoms with Crippen molar-refractivity contribution in [1.29, 1.82) is 0 Å². The molecule has 0 unspecified atom stereocenters. The summed E-state index contributed by atoms with van der Waals surface area (Å²) in [5.41, 5.74) is 1.53. The number of nitrogens with one attached hydrogen (secondary N) is 1. The van der Waals surface area contributed by atoms with Crippen molar-refractivity contribution >= 4 is 27.5 Å². The molecule has 3 heterocycles. The van der Waals surface area contributed by atoms with Crippen LogP contribution in [0.4, 0.5) is 8.78 Å². The standard InChI is InChI=1S/C17H17BrF2N6O/c1-2-25-14(10(18)7-22-25)8-21-17(27)12-6-15-23-11(9-3-4-9)5-13(16(19)20)26(15)24-12/h5-7,9,16H,2-4,8H2,1H3,(H,21,27). The molecule has 0 radical (unpaired) electrons. The van der Waals surface area contributed by atoms with Gasteiger partial charge in [0, 0.05) is 24.2 Å². The summed E-state index contributed by atoms with van der Waals surface area (Å²) in [6.45, 7) is 2.85. The summed E-state index contributed by atoms with van der Waals surface area (Å²) in [4.78, 5) is 16.9. The number of aromatic nitrogens is 5. The number of hydrogen-bond donors (Lipinski definition) is 1. The maximum Gasteiger partial charge on any atom is 0.280 e. The Hall–Kier alpha value is -2.36. The normalized spacial score (nSPS) is 14.3. The van der Waals surface area contributed by atoms with Crippen molar-refractivity contribution in [2.24, 2.45) is 0 Å². The Balaban J connectivity index is 1.60. The van der Waals surface area contributed by atoms with E-state index < -0.39 is 12.3 Å². The lowest BCUT2D eigenvalue weighted by Gasteiger charge is -2.07. The highest BCUT2D eigenvalue weighted by atomic mass is 79.9. The van der Waals surface area contributed by atoms with E-state index in [1.54, 1.807) is 10.9 Å². The predicted molar refractivity (Wildman–Crippen MR) is 96.7 cm³/mol. The quantitative estimate of drug-likeness (QED) is 0.639. The van der Waals surface area contributed by atoms with E-state index in [1.165, 1.54) is 12.1 Å². The Morgan fingerprint density at radius 1 is 1.41 bits per heavy atom. The first-order valence-corrected chi connectivity index (χ1v) is 9.44. The molecule has 1 aliphatic rings. The highest BCUT2D eigenvalue weighted by Crippen LogP contribution is 2.40. The SMILES string of the molecule is CCn1ncc(Br)c1CNC(=O)c1cc2nc(C3CC3)cc(C(F)F)n2n1. The van der Waals surface area contributed by atoms with Crippen molar-refractivity contribution in [3.05, 3.63) is 45.6 Å². The summed E-state index contributed by atoms with van der Waals surface area (Å²) in [6, 6.07) is 2.83. The molecule has 1 fully saturated rings. The second-order valence-electron chi connectivity index (χ2n) is 6.42. The maximum atomic E-state index is 13.4. The van der Waals surface area contributed by atoms with Gasteiger partial charge in [0.1, 0.15) is 5.69 Å². The topological polar surface area (TPSA) is 77.1 Å². The van der Waals surface area contributed by atoms with Crippen LogP contribution in [0.15, 0.2) is 22.8 Å². The molecule has 0 saturated heterocycles. The fourth-order valence-corrected chi connectivity index (χ4v) is 3.40. The largest absolute Gasteiger partial charge is 0.345 e. The van der Waals surface area contributed by atoms with Crippen LogP contribution in [-0.2, 0) is 13.1 Å². The van der Waals surface area contributed by atoms with Crippen LogP contribution in [0.3, 0.4) is 0 Å². The van der Waals surface area contributed by atoms with Crippen molar-refractivity contribution in [2.75, 3.05) is 0 Å². The number of nitrogens with zero attached hydrogens (tertiary/aromatic N) is 5. The summed E-state index contributed by atoms with van der Waals surface area (Å²) in [5.74, 6) is -0.226. The van der Waals surface area contributed by atoms with Crippen LogP contribution in [0.25, 0.3) is 5.65 Å². The first-order valence-electron chi connectivity index (χ1n) is 8.65. The molecule has 3 aromatic rings. The van der Waals surface area contributed by atoms with Gasteiger partial charge in [-0.3, -0.25) is 9.48 Å². The molecule has 0 aromatic carbocycles. The second kappa shape index (κ2) is 6.99. The van der Waals surface area contributed by atoms with E-state index in [9.17, 15) is 13.6 Å². The molecule has 10 heteroatoms. The van der Waals surface area contributed by atoms with Gasteiger partial charge >= 0.3 is 0 Å². The zero-order valence-corrected chi connectivity index (χ0v) is 16.1. The number of aryl methyl sites for hydroxylation is 1. The lowest BCUT2D eigenvalue weighted by atomic mass is 10.2. The molecule has 1 N–H and O–H groups in total. The highest BCUT2D eigenvalue weighted by molar-refractivity contribution is 9.10. The summed E-state index contributed by atoms with van der Waals surface area (Å²) in [5, 5.41) is 11.0. The van der Waals surface area contributed by atoms with Crippen LogP contribution in [0.2, 0.25) is 0 Å². The van der Waals surface area contributed by atoms with Gasteiger partial charge in [0.25, 0.3) is 12.3 Å². The van der Waals surface area contributed by atoms with Crippen LogP contribution < -0.4 is 5.32 Å². The number of hydrogen-bond acceptors (Lipinski definition) is 4. The van der Waals surface area contributed by atoms with Crippen LogP contribution in [-0.4, -0.2) is 30.3 Å². The smallest absolute Gasteiger partial charge is 0.280 e. The predicted octanol–water partition coefficient (Wildman–Crippen LogP) is 3.45. The van der Waals surface area contributed by atoms with Gasteiger partial charge in [-0.25, -0.2) is 18.3 Å². The van der Waals surface area contributed by atoms with Crippen LogP contribution >= 0.6 is 15.9 Å². The Labute approximate surface area is 161 Å². The molecule has 1 aliphatic carbocycles. The summed E-state index contributed by atoms with van der Waals surface area (Å²) in [7, 11) is 0. The fraction of sp³-hybridized carbons (Fsp3) is 0.412. The molecule has 3 aromatic heterocycles. The molecule has 0 bridgehead atoms. The molecule has 1 saturated carbocycles. The number of carbonyl (C=O) groups is 1. The van der Waals surface area contributed by atoms with Gasteiger partial charge in [-0.15, -0.1) is 0 Å². The van der Waals surface area contributed by atoms with E-state index in [2.05, 4.69) is 36.4 Å². The van der Waals surface area contributed by atoms with Gasteiger partial charge in [-0.1, -0.05) is 0 Å². The van der Waals surface area contributed by atoms with Crippen molar-refractivity contribution < 1.29 is 13.6 Å². The Kier molecular flexibility index (Phi) is 4.67. The molecular formula is C17H17BrF2N6O. The molecule has 4 rings (SSSR count). The lowest BCUT2D eigenvalue weighted by Crippen LogP contribution is -2.25. The Morgan fingerprint density at radius 3 is 2.85 bits per heavy atom. The number of rotatable bonds is 6. The first kappa shape index (κ1) is 18.0. The van der Waals surface area contributed by atoms with Crippen molar-refractivity contribution in [1.82, 2.24) is 29.7 Å². The van der Waals surface area contributed by atoms with E-state index in [4.69, 9.17) is 0 Å². The van der Waals surface area contributed by atoms with Crippen LogP contribution in [0.5, 0.6) is 0 Å². The van der Waals surface area contributed by atoms with Crippen molar-refractivity contribution in [2.45, 2.75) is 45.2 Å². The third kappa shape index (κ3) is 3.45. The van der Waals surface area contributed by atoms with Gasteiger partial charge in [0.15, 0.2) is 11.3 Å². The average molecular weight is 439 g/mol. The van der Waals surface area contributed by atoms with Gasteiger partial charge in [0.2, 0.25) is 0 Å². The molecule has 7 nitrogen and oxygen atoms in total. The molecule has 1 amide bonds. The fourth-order valence-electron chi connectivity index (χ4n) is 2.96. The minimum absolute atomic E-state index is 0.0519. The van der Waals surface area contributed by atoms with E-state index in [0.29, 0.717) is 12.2 Å². The summed E-state index contributed by atoms with van der Waals surface area (Å²) >= 11 is 3.40. The minimum Gasteiger partial charge on any atom is -0.345 e. The molecule has 27 heavy (non-hydrogen) atoms. The minimum atomic E-state index is -2.70. The monoisotopic (exact) mass is 438 g/mol. The summed E-state index contributed by atoms with van der Waals surface area (Å²) in [6.07, 6.45) is 0.869. The number of fused-ring (bicyclic) bond motifs is 1. The van der Waals surface area contributed by atoms with E-state index in [-0.39, 0.29) is 29.5 Å².